The summed E-state index contributed by atoms with van der Waals surface area (Å²) < 4.78 is 50.2. The summed E-state index contributed by atoms with van der Waals surface area (Å²) in [6.45, 7) is 1.00. The van der Waals surface area contributed by atoms with Gasteiger partial charge in [-0.1, -0.05) is 12.1 Å². The maximum absolute atomic E-state index is 13.5. The number of morpholine rings is 1. The van der Waals surface area contributed by atoms with Gasteiger partial charge >= 0.3 is 0 Å². The summed E-state index contributed by atoms with van der Waals surface area (Å²) in [6.07, 6.45) is 0. The van der Waals surface area contributed by atoms with Gasteiger partial charge in [-0.25, -0.2) is 12.8 Å². The van der Waals surface area contributed by atoms with Gasteiger partial charge in [0.05, 0.1) is 18.1 Å². The highest BCUT2D eigenvalue weighted by Gasteiger charge is 2.26. The number of halogens is 1. The monoisotopic (exact) mass is 394 g/mol. The number of ether oxygens (including phenoxy) is 2. The lowest BCUT2D eigenvalue weighted by molar-refractivity contribution is -0.118. The fraction of sp³-hybridized carbons (Fsp3) is 0.278. The molecule has 0 aromatic heterocycles. The van der Waals surface area contributed by atoms with Crippen LogP contribution in [0.5, 0.6) is 5.75 Å². The van der Waals surface area contributed by atoms with Crippen molar-refractivity contribution < 1.29 is 27.1 Å². The van der Waals surface area contributed by atoms with Crippen LogP contribution in [-0.2, 0) is 19.6 Å². The van der Waals surface area contributed by atoms with Crippen LogP contribution in [0.2, 0.25) is 0 Å². The molecule has 2 aromatic carbocycles. The maximum atomic E-state index is 13.5. The molecule has 2 aromatic rings. The average Bonchev–Trinajstić information content (AvgIpc) is 2.68. The van der Waals surface area contributed by atoms with Crippen molar-refractivity contribution in [3.8, 4) is 5.75 Å². The van der Waals surface area contributed by atoms with Crippen LogP contribution in [0, 0.1) is 5.82 Å². The molecule has 0 aliphatic carbocycles. The molecular weight excluding hydrogens is 375 g/mol. The van der Waals surface area contributed by atoms with E-state index >= 15 is 0 Å². The molecule has 1 aliphatic rings. The Morgan fingerprint density at radius 3 is 2.44 bits per heavy atom. The molecular formula is C18H19FN2O5S. The molecule has 7 nitrogen and oxygen atoms in total. The van der Waals surface area contributed by atoms with Crippen molar-refractivity contribution in [1.82, 2.24) is 4.31 Å². The Morgan fingerprint density at radius 2 is 1.78 bits per heavy atom. The second kappa shape index (κ2) is 8.47. The van der Waals surface area contributed by atoms with Crippen molar-refractivity contribution in [3.63, 3.8) is 0 Å². The molecule has 0 spiro atoms. The van der Waals surface area contributed by atoms with Crippen LogP contribution >= 0.6 is 0 Å². The SMILES string of the molecule is O=C(COc1ccccc1F)Nc1ccc(S(=O)(=O)N2CCOCC2)cc1. The molecule has 1 heterocycles. The first-order chi connectivity index (χ1) is 13.0. The predicted molar refractivity (Wildman–Crippen MR) is 96.5 cm³/mol. The quantitative estimate of drug-likeness (QED) is 0.809. The molecule has 0 radical (unpaired) electrons. The Hall–Kier alpha value is -2.49. The fourth-order valence-corrected chi connectivity index (χ4v) is 3.96. The summed E-state index contributed by atoms with van der Waals surface area (Å²) in [4.78, 5) is 12.1. The molecule has 1 saturated heterocycles. The number of nitrogens with zero attached hydrogens (tertiary/aromatic N) is 1. The van der Waals surface area contributed by atoms with Crippen molar-refractivity contribution in [3.05, 3.63) is 54.3 Å². The molecule has 0 bridgehead atoms. The number of hydrogen-bond donors (Lipinski definition) is 1. The van der Waals surface area contributed by atoms with E-state index in [0.717, 1.165) is 0 Å². The zero-order valence-electron chi connectivity index (χ0n) is 14.4. The van der Waals surface area contributed by atoms with Gasteiger partial charge in [-0.2, -0.15) is 4.31 Å². The summed E-state index contributed by atoms with van der Waals surface area (Å²) in [5, 5.41) is 2.58. The van der Waals surface area contributed by atoms with Crippen LogP contribution in [0.15, 0.2) is 53.4 Å². The molecule has 27 heavy (non-hydrogen) atoms. The highest BCUT2D eigenvalue weighted by Crippen LogP contribution is 2.20. The van der Waals surface area contributed by atoms with E-state index in [1.54, 1.807) is 6.07 Å². The lowest BCUT2D eigenvalue weighted by atomic mass is 10.3. The maximum Gasteiger partial charge on any atom is 0.262 e. The Balaban J connectivity index is 1.58. The Kier molecular flexibility index (Phi) is 6.04. The summed E-state index contributed by atoms with van der Waals surface area (Å²) in [6, 6.07) is 11.6. The van der Waals surface area contributed by atoms with Gasteiger partial charge in [0.25, 0.3) is 5.91 Å². The Labute approximate surface area is 156 Å². The van der Waals surface area contributed by atoms with Crippen molar-refractivity contribution >= 4 is 21.6 Å². The van der Waals surface area contributed by atoms with Crippen LogP contribution in [0.25, 0.3) is 0 Å². The molecule has 1 aliphatic heterocycles. The van der Waals surface area contributed by atoms with E-state index in [1.165, 1.54) is 46.8 Å². The lowest BCUT2D eigenvalue weighted by Gasteiger charge is -2.26. The fourth-order valence-electron chi connectivity index (χ4n) is 2.55. The van der Waals surface area contributed by atoms with Crippen LogP contribution < -0.4 is 10.1 Å². The van der Waals surface area contributed by atoms with Gasteiger partial charge in [0, 0.05) is 18.8 Å². The highest BCUT2D eigenvalue weighted by molar-refractivity contribution is 7.89. The Bertz CT molecular complexity index is 896. The number of rotatable bonds is 6. The standard InChI is InChI=1S/C18H19FN2O5S/c19-16-3-1-2-4-17(16)26-13-18(22)20-14-5-7-15(8-6-14)27(23,24)21-9-11-25-12-10-21/h1-8H,9-13H2,(H,20,22). The number of anilines is 1. The van der Waals surface area contributed by atoms with E-state index in [0.29, 0.717) is 32.0 Å². The van der Waals surface area contributed by atoms with Crippen molar-refractivity contribution in [1.29, 1.82) is 0 Å². The topological polar surface area (TPSA) is 84.9 Å². The van der Waals surface area contributed by atoms with Crippen molar-refractivity contribution in [2.75, 3.05) is 38.2 Å². The van der Waals surface area contributed by atoms with Crippen molar-refractivity contribution in [2.24, 2.45) is 0 Å². The number of nitrogens with one attached hydrogen (secondary N) is 1. The minimum Gasteiger partial charge on any atom is -0.481 e. The molecule has 1 fully saturated rings. The smallest absolute Gasteiger partial charge is 0.262 e. The molecule has 0 saturated carbocycles. The zero-order chi connectivity index (χ0) is 19.3. The van der Waals surface area contributed by atoms with Gasteiger partial charge < -0.3 is 14.8 Å². The third-order valence-corrected chi connectivity index (χ3v) is 5.85. The number of hydrogen-bond acceptors (Lipinski definition) is 5. The summed E-state index contributed by atoms with van der Waals surface area (Å²) >= 11 is 0. The number of carbonyl (C=O) groups excluding carboxylic acids is 1. The third kappa shape index (κ3) is 4.82. The first-order valence-corrected chi connectivity index (χ1v) is 9.76. The molecule has 1 N–H and O–H groups in total. The molecule has 1 amide bonds. The number of para-hydroxylation sites is 1. The van der Waals surface area contributed by atoms with E-state index in [-0.39, 0.29) is 17.3 Å². The normalized spacial score (nSPS) is 15.3. The molecule has 3 rings (SSSR count). The number of carbonyl (C=O) groups is 1. The zero-order valence-corrected chi connectivity index (χ0v) is 15.2. The Morgan fingerprint density at radius 1 is 1.11 bits per heavy atom. The number of sulfonamides is 1. The van der Waals surface area contributed by atoms with E-state index in [4.69, 9.17) is 9.47 Å². The van der Waals surface area contributed by atoms with Gasteiger partial charge in [0.15, 0.2) is 18.2 Å². The third-order valence-electron chi connectivity index (χ3n) is 3.94. The van der Waals surface area contributed by atoms with Gasteiger partial charge in [0.2, 0.25) is 10.0 Å². The predicted octanol–water partition coefficient (Wildman–Crippen LogP) is 1.86. The van der Waals surface area contributed by atoms with Crippen LogP contribution in [0.4, 0.5) is 10.1 Å². The minimum absolute atomic E-state index is 0.0143. The van der Waals surface area contributed by atoms with E-state index in [9.17, 15) is 17.6 Å². The highest BCUT2D eigenvalue weighted by atomic mass is 32.2. The van der Waals surface area contributed by atoms with Crippen LogP contribution in [-0.4, -0.2) is 51.5 Å². The van der Waals surface area contributed by atoms with E-state index in [2.05, 4.69) is 5.32 Å². The summed E-state index contributed by atoms with van der Waals surface area (Å²) in [7, 11) is -3.58. The summed E-state index contributed by atoms with van der Waals surface area (Å²) in [5.74, 6) is -1.05. The van der Waals surface area contributed by atoms with E-state index < -0.39 is 21.7 Å². The van der Waals surface area contributed by atoms with Gasteiger partial charge in [0.1, 0.15) is 0 Å². The molecule has 144 valence electrons. The van der Waals surface area contributed by atoms with Gasteiger partial charge in [-0.05, 0) is 36.4 Å². The van der Waals surface area contributed by atoms with Crippen molar-refractivity contribution in [2.45, 2.75) is 4.90 Å². The number of benzene rings is 2. The molecule has 0 atom stereocenters. The summed E-state index contributed by atoms with van der Waals surface area (Å²) in [5.41, 5.74) is 0.415. The van der Waals surface area contributed by atoms with Crippen LogP contribution in [0.1, 0.15) is 0 Å². The largest absolute Gasteiger partial charge is 0.481 e. The van der Waals surface area contributed by atoms with Crippen LogP contribution in [0.3, 0.4) is 0 Å². The number of amides is 1. The second-order valence-corrected chi connectivity index (χ2v) is 7.75. The molecule has 0 unspecified atom stereocenters. The average molecular weight is 394 g/mol. The lowest BCUT2D eigenvalue weighted by Crippen LogP contribution is -2.40. The first kappa shape index (κ1) is 19.3. The van der Waals surface area contributed by atoms with Gasteiger partial charge in [-0.3, -0.25) is 4.79 Å². The molecule has 9 heteroatoms. The second-order valence-electron chi connectivity index (χ2n) is 5.81. The first-order valence-electron chi connectivity index (χ1n) is 8.32. The minimum atomic E-state index is -3.58. The van der Waals surface area contributed by atoms with E-state index in [1.807, 2.05) is 0 Å². The van der Waals surface area contributed by atoms with Gasteiger partial charge in [-0.15, -0.1) is 0 Å².